The van der Waals surface area contributed by atoms with Crippen LogP contribution in [0.25, 0.3) is 0 Å². The Morgan fingerprint density at radius 2 is 2.12 bits per heavy atom. The summed E-state index contributed by atoms with van der Waals surface area (Å²) < 4.78 is 0.950. The van der Waals surface area contributed by atoms with Crippen LogP contribution < -0.4 is 4.90 Å². The lowest BCUT2D eigenvalue weighted by atomic mass is 9.82. The molecule has 0 spiro atoms. The molecular weight excluding hydrogens is 280 g/mol. The molecule has 0 saturated carbocycles. The molecule has 1 aromatic rings. The molecule has 0 aliphatic carbocycles. The van der Waals surface area contributed by atoms with Crippen LogP contribution in [0.15, 0.2) is 22.7 Å². The lowest BCUT2D eigenvalue weighted by molar-refractivity contribution is -0.0300. The number of halogens is 1. The van der Waals surface area contributed by atoms with Gasteiger partial charge in [0.25, 0.3) is 0 Å². The van der Waals surface area contributed by atoms with Gasteiger partial charge in [0, 0.05) is 17.6 Å². The maximum atomic E-state index is 10.2. The quantitative estimate of drug-likeness (QED) is 0.912. The zero-order valence-corrected chi connectivity index (χ0v) is 11.5. The SMILES string of the molecule is CC(C)C1(O)CN(c2cc(Br)ccc2C#N)C1. The van der Waals surface area contributed by atoms with Gasteiger partial charge in [-0.3, -0.25) is 0 Å². The molecule has 4 heteroatoms. The summed E-state index contributed by atoms with van der Waals surface area (Å²) in [6.45, 7) is 5.22. The first kappa shape index (κ1) is 12.4. The van der Waals surface area contributed by atoms with Gasteiger partial charge in [0.2, 0.25) is 0 Å². The van der Waals surface area contributed by atoms with Crippen molar-refractivity contribution < 1.29 is 5.11 Å². The molecule has 1 aliphatic heterocycles. The van der Waals surface area contributed by atoms with E-state index >= 15 is 0 Å². The maximum absolute atomic E-state index is 10.2. The molecule has 0 aromatic heterocycles. The predicted molar refractivity (Wildman–Crippen MR) is 70.9 cm³/mol. The summed E-state index contributed by atoms with van der Waals surface area (Å²) in [5.41, 5.74) is 0.931. The summed E-state index contributed by atoms with van der Waals surface area (Å²) in [4.78, 5) is 2.04. The van der Waals surface area contributed by atoms with Crippen molar-refractivity contribution in [1.29, 1.82) is 5.26 Å². The van der Waals surface area contributed by atoms with Gasteiger partial charge in [-0.05, 0) is 24.1 Å². The highest BCUT2D eigenvalue weighted by Gasteiger charge is 2.44. The number of nitriles is 1. The van der Waals surface area contributed by atoms with E-state index in [4.69, 9.17) is 5.26 Å². The largest absolute Gasteiger partial charge is 0.386 e. The van der Waals surface area contributed by atoms with E-state index in [1.165, 1.54) is 0 Å². The van der Waals surface area contributed by atoms with Crippen LogP contribution in [0.5, 0.6) is 0 Å². The zero-order valence-electron chi connectivity index (χ0n) is 9.94. The van der Waals surface area contributed by atoms with Gasteiger partial charge in [-0.25, -0.2) is 0 Å². The fraction of sp³-hybridized carbons (Fsp3) is 0.462. The Labute approximate surface area is 110 Å². The number of aliphatic hydroxyl groups is 1. The summed E-state index contributed by atoms with van der Waals surface area (Å²) in [7, 11) is 0. The van der Waals surface area contributed by atoms with Crippen LogP contribution in [0.4, 0.5) is 5.69 Å². The van der Waals surface area contributed by atoms with Crippen molar-refractivity contribution in [3.8, 4) is 6.07 Å². The van der Waals surface area contributed by atoms with E-state index in [1.807, 2.05) is 30.9 Å². The average Bonchev–Trinajstić information content (AvgIpc) is 2.24. The third-order valence-electron chi connectivity index (χ3n) is 3.42. The third-order valence-corrected chi connectivity index (χ3v) is 3.92. The van der Waals surface area contributed by atoms with Gasteiger partial charge in [0.05, 0.1) is 11.3 Å². The molecule has 1 aliphatic rings. The molecule has 0 atom stereocenters. The standard InChI is InChI=1S/C13H15BrN2O/c1-9(2)13(17)7-16(8-13)12-5-11(14)4-3-10(12)6-15/h3-5,9,17H,7-8H2,1-2H3. The van der Waals surface area contributed by atoms with E-state index in [2.05, 4.69) is 22.0 Å². The normalized spacial score (nSPS) is 17.8. The summed E-state index contributed by atoms with van der Waals surface area (Å²) in [5.74, 6) is 0.233. The minimum absolute atomic E-state index is 0.233. The van der Waals surface area contributed by atoms with Crippen molar-refractivity contribution in [3.63, 3.8) is 0 Å². The van der Waals surface area contributed by atoms with Gasteiger partial charge in [0.1, 0.15) is 11.7 Å². The first-order valence-corrected chi connectivity index (χ1v) is 6.42. The molecule has 2 rings (SSSR count). The highest BCUT2D eigenvalue weighted by molar-refractivity contribution is 9.10. The molecule has 0 radical (unpaired) electrons. The van der Waals surface area contributed by atoms with E-state index in [-0.39, 0.29) is 5.92 Å². The van der Waals surface area contributed by atoms with Gasteiger partial charge in [-0.2, -0.15) is 5.26 Å². The van der Waals surface area contributed by atoms with Crippen molar-refractivity contribution in [2.45, 2.75) is 19.4 Å². The second-order valence-electron chi connectivity index (χ2n) is 4.89. The number of hydrogen-bond acceptors (Lipinski definition) is 3. The second-order valence-corrected chi connectivity index (χ2v) is 5.80. The minimum atomic E-state index is -0.616. The lowest BCUT2D eigenvalue weighted by Gasteiger charge is -2.50. The van der Waals surface area contributed by atoms with Gasteiger partial charge >= 0.3 is 0 Å². The number of hydrogen-bond donors (Lipinski definition) is 1. The van der Waals surface area contributed by atoms with Crippen LogP contribution in [-0.2, 0) is 0 Å². The Bertz CT molecular complexity index is 473. The molecule has 1 fully saturated rings. The van der Waals surface area contributed by atoms with Gasteiger partial charge < -0.3 is 10.0 Å². The van der Waals surface area contributed by atoms with Crippen LogP contribution in [-0.4, -0.2) is 23.8 Å². The van der Waals surface area contributed by atoms with Crippen molar-refractivity contribution in [1.82, 2.24) is 0 Å². The molecule has 17 heavy (non-hydrogen) atoms. The second kappa shape index (κ2) is 4.32. The van der Waals surface area contributed by atoms with E-state index in [0.29, 0.717) is 18.7 Å². The molecule has 0 amide bonds. The molecule has 0 bridgehead atoms. The van der Waals surface area contributed by atoms with Crippen LogP contribution in [0.1, 0.15) is 19.4 Å². The monoisotopic (exact) mass is 294 g/mol. The molecular formula is C13H15BrN2O. The number of rotatable bonds is 2. The summed E-state index contributed by atoms with van der Waals surface area (Å²) in [6.07, 6.45) is 0. The molecule has 1 saturated heterocycles. The molecule has 1 aromatic carbocycles. The Kier molecular flexibility index (Phi) is 3.15. The first-order chi connectivity index (χ1) is 7.96. The summed E-state index contributed by atoms with van der Waals surface area (Å²) in [5, 5.41) is 19.3. The van der Waals surface area contributed by atoms with E-state index in [0.717, 1.165) is 10.2 Å². The Hall–Kier alpha value is -1.05. The topological polar surface area (TPSA) is 47.3 Å². The van der Waals surface area contributed by atoms with Crippen molar-refractivity contribution in [2.24, 2.45) is 5.92 Å². The third kappa shape index (κ3) is 2.18. The van der Waals surface area contributed by atoms with Crippen LogP contribution in [0.3, 0.4) is 0 Å². The summed E-state index contributed by atoms with van der Waals surface area (Å²) >= 11 is 3.41. The Balaban J connectivity index is 2.22. The van der Waals surface area contributed by atoms with Crippen molar-refractivity contribution >= 4 is 21.6 Å². The molecule has 0 unspecified atom stereocenters. The molecule has 1 N–H and O–H groups in total. The van der Waals surface area contributed by atoms with E-state index in [1.54, 1.807) is 6.07 Å². The zero-order chi connectivity index (χ0) is 12.6. The van der Waals surface area contributed by atoms with Crippen molar-refractivity contribution in [3.05, 3.63) is 28.2 Å². The first-order valence-electron chi connectivity index (χ1n) is 5.63. The van der Waals surface area contributed by atoms with E-state index < -0.39 is 5.60 Å². The fourth-order valence-corrected chi connectivity index (χ4v) is 2.36. The maximum Gasteiger partial charge on any atom is 0.102 e. The van der Waals surface area contributed by atoms with Gasteiger partial charge in [-0.15, -0.1) is 0 Å². The Morgan fingerprint density at radius 3 is 2.65 bits per heavy atom. The molecule has 1 heterocycles. The average molecular weight is 295 g/mol. The minimum Gasteiger partial charge on any atom is -0.386 e. The van der Waals surface area contributed by atoms with Crippen LogP contribution >= 0.6 is 15.9 Å². The summed E-state index contributed by atoms with van der Waals surface area (Å²) in [6, 6.07) is 7.77. The highest BCUT2D eigenvalue weighted by atomic mass is 79.9. The van der Waals surface area contributed by atoms with Crippen LogP contribution in [0, 0.1) is 17.2 Å². The smallest absolute Gasteiger partial charge is 0.102 e. The number of anilines is 1. The highest BCUT2D eigenvalue weighted by Crippen LogP contribution is 2.35. The van der Waals surface area contributed by atoms with Crippen molar-refractivity contribution in [2.75, 3.05) is 18.0 Å². The van der Waals surface area contributed by atoms with Gasteiger partial charge in [0.15, 0.2) is 0 Å². The number of β-amino-alcohol motifs (C(OH)–C–C–N with tert-alkyl or cyclic N) is 1. The van der Waals surface area contributed by atoms with Crippen LogP contribution in [0.2, 0.25) is 0 Å². The molecule has 90 valence electrons. The van der Waals surface area contributed by atoms with Gasteiger partial charge in [-0.1, -0.05) is 29.8 Å². The predicted octanol–water partition coefficient (Wildman–Crippen LogP) is 2.53. The number of nitrogens with zero attached hydrogens (tertiary/aromatic N) is 2. The fourth-order valence-electron chi connectivity index (χ4n) is 2.01. The number of benzene rings is 1. The Morgan fingerprint density at radius 1 is 1.47 bits per heavy atom. The van der Waals surface area contributed by atoms with E-state index in [9.17, 15) is 5.11 Å². The lowest BCUT2D eigenvalue weighted by Crippen LogP contribution is -2.64. The molecule has 3 nitrogen and oxygen atoms in total.